The van der Waals surface area contributed by atoms with Crippen LogP contribution in [-0.2, 0) is 4.74 Å². The van der Waals surface area contributed by atoms with Gasteiger partial charge in [0.25, 0.3) is 0 Å². The Morgan fingerprint density at radius 3 is 3.13 bits per heavy atom. The molecule has 0 aliphatic carbocycles. The standard InChI is InChI=1S/C11H18N2O2/c1-9-2-3-11(15-9)13-5-4-10-8-12-6-7-14-10/h2-3,10,12-13H,4-8H2,1H3. The maximum absolute atomic E-state index is 5.59. The van der Waals surface area contributed by atoms with Crippen molar-refractivity contribution in [3.63, 3.8) is 0 Å². The molecule has 2 N–H and O–H groups in total. The van der Waals surface area contributed by atoms with Crippen LogP contribution in [0.25, 0.3) is 0 Å². The van der Waals surface area contributed by atoms with Crippen molar-refractivity contribution >= 4 is 5.88 Å². The summed E-state index contributed by atoms with van der Waals surface area (Å²) in [4.78, 5) is 0. The largest absolute Gasteiger partial charge is 0.446 e. The number of hydrogen-bond acceptors (Lipinski definition) is 4. The summed E-state index contributed by atoms with van der Waals surface area (Å²) in [6.45, 7) is 5.59. The van der Waals surface area contributed by atoms with Gasteiger partial charge in [0, 0.05) is 25.7 Å². The number of morpholine rings is 1. The summed E-state index contributed by atoms with van der Waals surface area (Å²) < 4.78 is 11.0. The Morgan fingerprint density at radius 2 is 2.47 bits per heavy atom. The van der Waals surface area contributed by atoms with Gasteiger partial charge in [0.15, 0.2) is 5.88 Å². The summed E-state index contributed by atoms with van der Waals surface area (Å²) >= 11 is 0. The van der Waals surface area contributed by atoms with Crippen LogP contribution < -0.4 is 10.6 Å². The van der Waals surface area contributed by atoms with Crippen molar-refractivity contribution in [1.82, 2.24) is 5.32 Å². The molecule has 2 rings (SSSR count). The molecule has 0 amide bonds. The molecule has 1 saturated heterocycles. The summed E-state index contributed by atoms with van der Waals surface area (Å²) in [5.74, 6) is 1.78. The van der Waals surface area contributed by atoms with E-state index in [4.69, 9.17) is 9.15 Å². The van der Waals surface area contributed by atoms with Crippen LogP contribution in [0.1, 0.15) is 12.2 Å². The molecule has 0 radical (unpaired) electrons. The average molecular weight is 210 g/mol. The second kappa shape index (κ2) is 5.19. The van der Waals surface area contributed by atoms with E-state index in [1.807, 2.05) is 19.1 Å². The quantitative estimate of drug-likeness (QED) is 0.788. The molecule has 1 aromatic heterocycles. The van der Waals surface area contributed by atoms with E-state index in [1.165, 1.54) is 0 Å². The highest BCUT2D eigenvalue weighted by molar-refractivity contribution is 5.31. The second-order valence-corrected chi connectivity index (χ2v) is 3.82. The predicted octanol–water partition coefficient (Wildman–Crippen LogP) is 1.38. The minimum atomic E-state index is 0.335. The lowest BCUT2D eigenvalue weighted by Gasteiger charge is -2.23. The minimum Gasteiger partial charge on any atom is -0.446 e. The van der Waals surface area contributed by atoms with Crippen LogP contribution in [0.3, 0.4) is 0 Å². The van der Waals surface area contributed by atoms with Gasteiger partial charge in [0.05, 0.1) is 12.7 Å². The van der Waals surface area contributed by atoms with Gasteiger partial charge < -0.3 is 19.8 Å². The molecular formula is C11H18N2O2. The number of nitrogens with one attached hydrogen (secondary N) is 2. The Morgan fingerprint density at radius 1 is 1.53 bits per heavy atom. The Labute approximate surface area is 90.0 Å². The molecule has 4 heteroatoms. The molecule has 1 fully saturated rings. The van der Waals surface area contributed by atoms with Gasteiger partial charge in [-0.1, -0.05) is 0 Å². The maximum Gasteiger partial charge on any atom is 0.193 e. The minimum absolute atomic E-state index is 0.335. The third-order valence-corrected chi connectivity index (χ3v) is 2.51. The van der Waals surface area contributed by atoms with Gasteiger partial charge in [0.1, 0.15) is 5.76 Å². The molecule has 2 heterocycles. The number of hydrogen-bond donors (Lipinski definition) is 2. The fraction of sp³-hybridized carbons (Fsp3) is 0.636. The van der Waals surface area contributed by atoms with Crippen LogP contribution in [0.15, 0.2) is 16.5 Å². The van der Waals surface area contributed by atoms with Crippen molar-refractivity contribution in [3.05, 3.63) is 17.9 Å². The molecule has 0 bridgehead atoms. The van der Waals surface area contributed by atoms with Gasteiger partial charge in [-0.05, 0) is 19.4 Å². The second-order valence-electron chi connectivity index (χ2n) is 3.82. The summed E-state index contributed by atoms with van der Waals surface area (Å²) in [6, 6.07) is 3.91. The molecule has 84 valence electrons. The summed E-state index contributed by atoms with van der Waals surface area (Å²) in [7, 11) is 0. The molecule has 1 unspecified atom stereocenters. The van der Waals surface area contributed by atoms with Gasteiger partial charge in [0.2, 0.25) is 0 Å². The first kappa shape index (κ1) is 10.5. The number of rotatable bonds is 4. The van der Waals surface area contributed by atoms with E-state index in [9.17, 15) is 0 Å². The van der Waals surface area contributed by atoms with Crippen molar-refractivity contribution in [1.29, 1.82) is 0 Å². The van der Waals surface area contributed by atoms with Gasteiger partial charge >= 0.3 is 0 Å². The molecule has 0 saturated carbocycles. The Hall–Kier alpha value is -1.00. The Kier molecular flexibility index (Phi) is 3.64. The predicted molar refractivity (Wildman–Crippen MR) is 59.2 cm³/mol. The zero-order valence-corrected chi connectivity index (χ0v) is 9.08. The highest BCUT2D eigenvalue weighted by atomic mass is 16.5. The van der Waals surface area contributed by atoms with E-state index in [0.717, 1.165) is 44.3 Å². The smallest absolute Gasteiger partial charge is 0.193 e. The molecule has 1 aromatic rings. The SMILES string of the molecule is Cc1ccc(NCCC2CNCCO2)o1. The van der Waals surface area contributed by atoms with Gasteiger partial charge in [-0.25, -0.2) is 0 Å². The monoisotopic (exact) mass is 210 g/mol. The Bertz CT molecular complexity index is 293. The van der Waals surface area contributed by atoms with Gasteiger partial charge in [-0.2, -0.15) is 0 Å². The fourth-order valence-corrected chi connectivity index (χ4v) is 1.69. The van der Waals surface area contributed by atoms with Crippen LogP contribution in [0, 0.1) is 6.92 Å². The van der Waals surface area contributed by atoms with E-state index < -0.39 is 0 Å². The number of ether oxygens (including phenoxy) is 1. The van der Waals surface area contributed by atoms with Gasteiger partial charge in [-0.15, -0.1) is 0 Å². The van der Waals surface area contributed by atoms with E-state index in [2.05, 4.69) is 10.6 Å². The first-order valence-corrected chi connectivity index (χ1v) is 5.47. The van der Waals surface area contributed by atoms with E-state index in [0.29, 0.717) is 6.10 Å². The molecule has 1 aliphatic heterocycles. The lowest BCUT2D eigenvalue weighted by Crippen LogP contribution is -2.39. The summed E-state index contributed by atoms with van der Waals surface area (Å²) in [6.07, 6.45) is 1.34. The van der Waals surface area contributed by atoms with Crippen molar-refractivity contribution < 1.29 is 9.15 Å². The highest BCUT2D eigenvalue weighted by Crippen LogP contribution is 2.12. The van der Waals surface area contributed by atoms with Crippen LogP contribution in [0.4, 0.5) is 5.88 Å². The zero-order valence-electron chi connectivity index (χ0n) is 9.08. The van der Waals surface area contributed by atoms with Crippen molar-refractivity contribution in [2.45, 2.75) is 19.4 Å². The van der Waals surface area contributed by atoms with E-state index in [-0.39, 0.29) is 0 Å². The normalized spacial score (nSPS) is 21.5. The molecule has 0 spiro atoms. The van der Waals surface area contributed by atoms with Crippen LogP contribution >= 0.6 is 0 Å². The first-order valence-electron chi connectivity index (χ1n) is 5.47. The molecular weight excluding hydrogens is 192 g/mol. The number of furan rings is 1. The molecule has 0 aromatic carbocycles. The molecule has 15 heavy (non-hydrogen) atoms. The van der Waals surface area contributed by atoms with Crippen molar-refractivity contribution in [2.24, 2.45) is 0 Å². The van der Waals surface area contributed by atoms with Crippen LogP contribution in [0.5, 0.6) is 0 Å². The lowest BCUT2D eigenvalue weighted by atomic mass is 10.2. The van der Waals surface area contributed by atoms with Crippen LogP contribution in [-0.4, -0.2) is 32.3 Å². The molecule has 1 aliphatic rings. The van der Waals surface area contributed by atoms with Gasteiger partial charge in [-0.3, -0.25) is 0 Å². The zero-order chi connectivity index (χ0) is 10.5. The third-order valence-electron chi connectivity index (χ3n) is 2.51. The third kappa shape index (κ3) is 3.25. The maximum atomic E-state index is 5.59. The molecule has 1 atom stereocenters. The van der Waals surface area contributed by atoms with E-state index >= 15 is 0 Å². The number of aryl methyl sites for hydroxylation is 1. The highest BCUT2D eigenvalue weighted by Gasteiger charge is 2.12. The van der Waals surface area contributed by atoms with E-state index in [1.54, 1.807) is 0 Å². The first-order chi connectivity index (χ1) is 7.34. The number of anilines is 1. The van der Waals surface area contributed by atoms with Crippen LogP contribution in [0.2, 0.25) is 0 Å². The summed E-state index contributed by atoms with van der Waals surface area (Å²) in [5, 5.41) is 6.55. The van der Waals surface area contributed by atoms with Crippen molar-refractivity contribution in [3.8, 4) is 0 Å². The average Bonchev–Trinajstić information content (AvgIpc) is 2.66. The summed E-state index contributed by atoms with van der Waals surface area (Å²) in [5.41, 5.74) is 0. The molecule has 4 nitrogen and oxygen atoms in total. The fourth-order valence-electron chi connectivity index (χ4n) is 1.69. The van der Waals surface area contributed by atoms with Crippen molar-refractivity contribution in [2.75, 3.05) is 31.6 Å². The topological polar surface area (TPSA) is 46.4 Å². The lowest BCUT2D eigenvalue weighted by molar-refractivity contribution is 0.0257. The Balaban J connectivity index is 1.65.